The highest BCUT2D eigenvalue weighted by molar-refractivity contribution is 7.13. The van der Waals surface area contributed by atoms with Crippen LogP contribution < -0.4 is 5.32 Å². The molecule has 8 heteroatoms. The van der Waals surface area contributed by atoms with Crippen LogP contribution in [0, 0.1) is 10.1 Å². The Labute approximate surface area is 148 Å². The van der Waals surface area contributed by atoms with E-state index in [1.165, 1.54) is 29.9 Å². The van der Waals surface area contributed by atoms with E-state index in [-0.39, 0.29) is 11.6 Å². The average Bonchev–Trinajstić information content (AvgIpc) is 3.21. The third kappa shape index (κ3) is 3.27. The minimum Gasteiger partial charge on any atom is -0.336 e. The maximum Gasteiger partial charge on any atom is 0.273 e. The van der Waals surface area contributed by atoms with Crippen LogP contribution >= 0.6 is 11.3 Å². The van der Waals surface area contributed by atoms with Crippen LogP contribution in [0.3, 0.4) is 0 Å². The van der Waals surface area contributed by atoms with E-state index in [0.717, 1.165) is 25.9 Å². The van der Waals surface area contributed by atoms with Gasteiger partial charge in [-0.25, -0.2) is 4.98 Å². The van der Waals surface area contributed by atoms with Crippen molar-refractivity contribution < 1.29 is 9.72 Å². The van der Waals surface area contributed by atoms with Crippen LogP contribution in [0.5, 0.6) is 0 Å². The first-order valence-electron chi connectivity index (χ1n) is 8.36. The number of nitrogens with one attached hydrogen (secondary N) is 1. The first-order chi connectivity index (χ1) is 12.1. The molecular formula is C17H18N4O3S. The van der Waals surface area contributed by atoms with Crippen LogP contribution in [-0.4, -0.2) is 45.9 Å². The highest BCUT2D eigenvalue weighted by Crippen LogP contribution is 2.28. The van der Waals surface area contributed by atoms with Crippen molar-refractivity contribution in [3.63, 3.8) is 0 Å². The second-order valence-electron chi connectivity index (χ2n) is 6.52. The van der Waals surface area contributed by atoms with Gasteiger partial charge in [0.25, 0.3) is 11.6 Å². The molecule has 4 rings (SSSR count). The van der Waals surface area contributed by atoms with Gasteiger partial charge in [0.15, 0.2) is 0 Å². The number of amides is 1. The molecule has 0 aliphatic carbocycles. The number of thiazole rings is 1. The fourth-order valence-electron chi connectivity index (χ4n) is 3.55. The molecule has 25 heavy (non-hydrogen) atoms. The van der Waals surface area contributed by atoms with Gasteiger partial charge in [0, 0.05) is 48.2 Å². The molecular weight excluding hydrogens is 340 g/mol. The van der Waals surface area contributed by atoms with Gasteiger partial charge in [-0.2, -0.15) is 0 Å². The van der Waals surface area contributed by atoms with E-state index in [0.29, 0.717) is 28.3 Å². The molecule has 0 radical (unpaired) electrons. The van der Waals surface area contributed by atoms with Gasteiger partial charge in [0.2, 0.25) is 0 Å². The number of carbonyl (C=O) groups is 1. The van der Waals surface area contributed by atoms with E-state index < -0.39 is 4.92 Å². The molecule has 2 aliphatic rings. The van der Waals surface area contributed by atoms with Crippen molar-refractivity contribution in [1.29, 1.82) is 0 Å². The average molecular weight is 358 g/mol. The lowest BCUT2D eigenvalue weighted by Crippen LogP contribution is -2.39. The molecule has 1 aromatic carbocycles. The summed E-state index contributed by atoms with van der Waals surface area (Å²) in [6.45, 7) is 1.47. The molecule has 2 saturated heterocycles. The maximum absolute atomic E-state index is 12.8. The Kier molecular flexibility index (Phi) is 4.22. The third-order valence-corrected chi connectivity index (χ3v) is 5.73. The second-order valence-corrected chi connectivity index (χ2v) is 7.38. The predicted molar refractivity (Wildman–Crippen MR) is 94.7 cm³/mol. The SMILES string of the molecule is O=C(c1csc(-c2cccc([N+](=O)[O-])c2)n1)N1CCC2CCC(C1)N2. The summed E-state index contributed by atoms with van der Waals surface area (Å²) < 4.78 is 0. The summed E-state index contributed by atoms with van der Waals surface area (Å²) >= 11 is 1.34. The summed E-state index contributed by atoms with van der Waals surface area (Å²) in [4.78, 5) is 29.6. The molecule has 1 amide bonds. The van der Waals surface area contributed by atoms with Gasteiger partial charge in [-0.1, -0.05) is 12.1 Å². The first-order valence-corrected chi connectivity index (χ1v) is 9.24. The number of aromatic nitrogens is 1. The number of carbonyl (C=O) groups excluding carboxylic acids is 1. The van der Waals surface area contributed by atoms with Crippen molar-refractivity contribution in [3.05, 3.63) is 45.5 Å². The van der Waals surface area contributed by atoms with E-state index >= 15 is 0 Å². The second kappa shape index (κ2) is 6.53. The third-order valence-electron chi connectivity index (χ3n) is 4.84. The van der Waals surface area contributed by atoms with Gasteiger partial charge >= 0.3 is 0 Å². The van der Waals surface area contributed by atoms with Gasteiger partial charge in [-0.15, -0.1) is 11.3 Å². The Balaban J connectivity index is 1.53. The van der Waals surface area contributed by atoms with Crippen LogP contribution in [0.25, 0.3) is 10.6 Å². The summed E-state index contributed by atoms with van der Waals surface area (Å²) in [6.07, 6.45) is 3.29. The fraction of sp³-hybridized carbons (Fsp3) is 0.412. The minimum absolute atomic E-state index is 0.0233. The van der Waals surface area contributed by atoms with Gasteiger partial charge in [-0.3, -0.25) is 14.9 Å². The van der Waals surface area contributed by atoms with E-state index in [9.17, 15) is 14.9 Å². The van der Waals surface area contributed by atoms with Crippen molar-refractivity contribution in [1.82, 2.24) is 15.2 Å². The Bertz CT molecular complexity index is 822. The van der Waals surface area contributed by atoms with Gasteiger partial charge in [0.1, 0.15) is 10.7 Å². The lowest BCUT2D eigenvalue weighted by Gasteiger charge is -2.23. The number of nitrogens with zero attached hydrogens (tertiary/aromatic N) is 3. The number of nitro benzene ring substituents is 1. The number of fused-ring (bicyclic) bond motifs is 2. The molecule has 130 valence electrons. The summed E-state index contributed by atoms with van der Waals surface area (Å²) in [7, 11) is 0. The van der Waals surface area contributed by atoms with Crippen LogP contribution in [0.1, 0.15) is 29.8 Å². The van der Waals surface area contributed by atoms with E-state index in [1.807, 2.05) is 4.90 Å². The molecule has 7 nitrogen and oxygen atoms in total. The number of benzene rings is 1. The molecule has 2 aliphatic heterocycles. The molecule has 3 heterocycles. The van der Waals surface area contributed by atoms with Crippen LogP contribution in [0.15, 0.2) is 29.6 Å². The van der Waals surface area contributed by atoms with Crippen molar-refractivity contribution in [3.8, 4) is 10.6 Å². The molecule has 2 atom stereocenters. The molecule has 0 spiro atoms. The Morgan fingerprint density at radius 2 is 2.16 bits per heavy atom. The van der Waals surface area contributed by atoms with Crippen LogP contribution in [-0.2, 0) is 0 Å². The summed E-state index contributed by atoms with van der Waals surface area (Å²) in [5.41, 5.74) is 1.11. The number of rotatable bonds is 3. The monoisotopic (exact) mass is 358 g/mol. The van der Waals surface area contributed by atoms with Gasteiger partial charge in [-0.05, 0) is 19.3 Å². The molecule has 2 fully saturated rings. The number of likely N-dealkylation sites (tertiary alicyclic amines) is 1. The topological polar surface area (TPSA) is 88.4 Å². The van der Waals surface area contributed by atoms with Crippen molar-refractivity contribution in [2.75, 3.05) is 13.1 Å². The summed E-state index contributed by atoms with van der Waals surface area (Å²) in [5, 5.41) is 16.9. The Hall–Kier alpha value is -2.32. The smallest absolute Gasteiger partial charge is 0.273 e. The quantitative estimate of drug-likeness (QED) is 0.673. The molecule has 2 aromatic rings. The molecule has 1 N–H and O–H groups in total. The van der Waals surface area contributed by atoms with E-state index in [1.54, 1.807) is 17.5 Å². The molecule has 1 aromatic heterocycles. The standard InChI is InChI=1S/C17H18N4O3S/c22-17(20-7-6-12-4-5-13(9-20)18-12)15-10-25-16(19-15)11-2-1-3-14(8-11)21(23)24/h1-3,8,10,12-13,18H,4-7,9H2. The number of hydrogen-bond acceptors (Lipinski definition) is 6. The molecule has 2 bridgehead atoms. The largest absolute Gasteiger partial charge is 0.336 e. The molecule has 2 unspecified atom stereocenters. The lowest BCUT2D eigenvalue weighted by molar-refractivity contribution is -0.384. The summed E-state index contributed by atoms with van der Waals surface area (Å²) in [5.74, 6) is -0.0534. The zero-order chi connectivity index (χ0) is 17.4. The van der Waals surface area contributed by atoms with Crippen molar-refractivity contribution in [2.45, 2.75) is 31.3 Å². The van der Waals surface area contributed by atoms with Gasteiger partial charge in [0.05, 0.1) is 4.92 Å². The van der Waals surface area contributed by atoms with E-state index in [4.69, 9.17) is 0 Å². The highest BCUT2D eigenvalue weighted by Gasteiger charge is 2.32. The maximum atomic E-state index is 12.8. The number of nitro groups is 1. The van der Waals surface area contributed by atoms with Crippen molar-refractivity contribution >= 4 is 22.9 Å². The zero-order valence-corrected chi connectivity index (χ0v) is 14.4. The van der Waals surface area contributed by atoms with E-state index in [2.05, 4.69) is 10.3 Å². The normalized spacial score (nSPS) is 22.6. The predicted octanol–water partition coefficient (Wildman–Crippen LogP) is 2.68. The first kappa shape index (κ1) is 16.2. The number of hydrogen-bond donors (Lipinski definition) is 1. The number of non-ortho nitro benzene ring substituents is 1. The minimum atomic E-state index is -0.428. The fourth-order valence-corrected chi connectivity index (χ4v) is 4.34. The lowest BCUT2D eigenvalue weighted by atomic mass is 10.1. The van der Waals surface area contributed by atoms with Crippen LogP contribution in [0.2, 0.25) is 0 Å². The Morgan fingerprint density at radius 1 is 1.32 bits per heavy atom. The zero-order valence-electron chi connectivity index (χ0n) is 13.6. The molecule has 0 saturated carbocycles. The van der Waals surface area contributed by atoms with Crippen LogP contribution in [0.4, 0.5) is 5.69 Å². The van der Waals surface area contributed by atoms with Gasteiger partial charge < -0.3 is 10.2 Å². The summed E-state index contributed by atoms with van der Waals surface area (Å²) in [6, 6.07) is 7.25. The Morgan fingerprint density at radius 3 is 3.00 bits per heavy atom. The van der Waals surface area contributed by atoms with Crippen molar-refractivity contribution in [2.24, 2.45) is 0 Å². The highest BCUT2D eigenvalue weighted by atomic mass is 32.1.